The van der Waals surface area contributed by atoms with Crippen molar-refractivity contribution in [2.75, 3.05) is 26.2 Å². The molecular formula is C16H32N2. The minimum absolute atomic E-state index is 0.667. The van der Waals surface area contributed by atoms with Gasteiger partial charge in [-0.25, -0.2) is 0 Å². The molecule has 1 saturated heterocycles. The van der Waals surface area contributed by atoms with Gasteiger partial charge in [-0.2, -0.15) is 0 Å². The largest absolute Gasteiger partial charge is 0.313 e. The van der Waals surface area contributed by atoms with E-state index < -0.39 is 0 Å². The van der Waals surface area contributed by atoms with Crippen LogP contribution in [0.1, 0.15) is 58.8 Å². The van der Waals surface area contributed by atoms with Gasteiger partial charge >= 0.3 is 0 Å². The third-order valence-electron chi connectivity index (χ3n) is 4.78. The average molecular weight is 252 g/mol. The lowest BCUT2D eigenvalue weighted by molar-refractivity contribution is 0.201. The highest BCUT2D eigenvalue weighted by atomic mass is 15.1. The fourth-order valence-corrected chi connectivity index (χ4v) is 3.71. The molecule has 2 nitrogen and oxygen atoms in total. The van der Waals surface area contributed by atoms with E-state index in [0.717, 1.165) is 11.8 Å². The van der Waals surface area contributed by atoms with Gasteiger partial charge in [-0.1, -0.05) is 26.2 Å². The summed E-state index contributed by atoms with van der Waals surface area (Å²) in [5, 5.41) is 3.78. The summed E-state index contributed by atoms with van der Waals surface area (Å²) in [5.41, 5.74) is 0. The van der Waals surface area contributed by atoms with Crippen LogP contribution >= 0.6 is 0 Å². The van der Waals surface area contributed by atoms with E-state index in [2.05, 4.69) is 24.1 Å². The molecule has 106 valence electrons. The molecule has 3 unspecified atom stereocenters. The summed E-state index contributed by atoms with van der Waals surface area (Å²) < 4.78 is 0. The standard InChI is InChI=1S/C16H32N2/c1-14-7-6-8-16(11-14)12-17-15(2)13-18-9-4-3-5-10-18/h14-17H,3-13H2,1-2H3. The molecule has 2 aliphatic rings. The molecule has 0 spiro atoms. The Morgan fingerprint density at radius 1 is 1.11 bits per heavy atom. The van der Waals surface area contributed by atoms with E-state index in [9.17, 15) is 0 Å². The van der Waals surface area contributed by atoms with E-state index in [0.29, 0.717) is 6.04 Å². The van der Waals surface area contributed by atoms with Crippen molar-refractivity contribution in [2.45, 2.75) is 64.8 Å². The smallest absolute Gasteiger partial charge is 0.0166 e. The second-order valence-electron chi connectivity index (χ2n) is 6.81. The fourth-order valence-electron chi connectivity index (χ4n) is 3.71. The minimum Gasteiger partial charge on any atom is -0.313 e. The van der Waals surface area contributed by atoms with Gasteiger partial charge < -0.3 is 10.2 Å². The van der Waals surface area contributed by atoms with Crippen LogP contribution in [0.5, 0.6) is 0 Å². The number of likely N-dealkylation sites (tertiary alicyclic amines) is 1. The molecule has 0 aromatic rings. The summed E-state index contributed by atoms with van der Waals surface area (Å²) in [5.74, 6) is 1.90. The van der Waals surface area contributed by atoms with Crippen LogP contribution in [0.2, 0.25) is 0 Å². The number of nitrogens with one attached hydrogen (secondary N) is 1. The first-order chi connectivity index (χ1) is 8.74. The molecule has 1 aliphatic carbocycles. The van der Waals surface area contributed by atoms with Gasteiger partial charge in [0, 0.05) is 12.6 Å². The van der Waals surface area contributed by atoms with E-state index in [4.69, 9.17) is 0 Å². The van der Waals surface area contributed by atoms with Crippen molar-refractivity contribution in [3.63, 3.8) is 0 Å². The molecular weight excluding hydrogens is 220 g/mol. The Morgan fingerprint density at radius 2 is 1.89 bits per heavy atom. The molecule has 1 N–H and O–H groups in total. The highest BCUT2D eigenvalue weighted by Crippen LogP contribution is 2.27. The molecule has 1 heterocycles. The molecule has 0 bridgehead atoms. The van der Waals surface area contributed by atoms with Gasteiger partial charge in [0.1, 0.15) is 0 Å². The molecule has 0 radical (unpaired) electrons. The Kier molecular flexibility index (Phi) is 5.97. The summed E-state index contributed by atoms with van der Waals surface area (Å²) in [6.45, 7) is 9.94. The van der Waals surface area contributed by atoms with Crippen molar-refractivity contribution in [1.29, 1.82) is 0 Å². The molecule has 2 heteroatoms. The Labute approximate surface area is 114 Å². The maximum absolute atomic E-state index is 3.78. The maximum atomic E-state index is 3.78. The lowest BCUT2D eigenvalue weighted by atomic mass is 9.82. The van der Waals surface area contributed by atoms with E-state index in [-0.39, 0.29) is 0 Å². The zero-order chi connectivity index (χ0) is 12.8. The second kappa shape index (κ2) is 7.49. The third kappa shape index (κ3) is 4.89. The van der Waals surface area contributed by atoms with Crippen LogP contribution in [0.3, 0.4) is 0 Å². The summed E-state index contributed by atoms with van der Waals surface area (Å²) in [6, 6.07) is 0.667. The number of hydrogen-bond acceptors (Lipinski definition) is 2. The van der Waals surface area contributed by atoms with E-state index in [1.807, 2.05) is 0 Å². The maximum Gasteiger partial charge on any atom is 0.0166 e. The first-order valence-corrected chi connectivity index (χ1v) is 8.20. The van der Waals surface area contributed by atoms with Gasteiger partial charge in [0.25, 0.3) is 0 Å². The first kappa shape index (κ1) is 14.3. The van der Waals surface area contributed by atoms with Crippen molar-refractivity contribution >= 4 is 0 Å². The minimum atomic E-state index is 0.667. The van der Waals surface area contributed by atoms with Crippen LogP contribution in [0.15, 0.2) is 0 Å². The molecule has 1 aliphatic heterocycles. The predicted molar refractivity (Wildman–Crippen MR) is 78.9 cm³/mol. The highest BCUT2D eigenvalue weighted by Gasteiger charge is 2.19. The summed E-state index contributed by atoms with van der Waals surface area (Å²) in [4.78, 5) is 2.64. The highest BCUT2D eigenvalue weighted by molar-refractivity contribution is 4.76. The van der Waals surface area contributed by atoms with E-state index in [1.54, 1.807) is 0 Å². The van der Waals surface area contributed by atoms with Crippen LogP contribution in [0.4, 0.5) is 0 Å². The second-order valence-corrected chi connectivity index (χ2v) is 6.81. The molecule has 1 saturated carbocycles. The molecule has 0 aromatic carbocycles. The average Bonchev–Trinajstić information content (AvgIpc) is 2.38. The molecule has 2 rings (SSSR count). The topological polar surface area (TPSA) is 15.3 Å². The normalized spacial score (nSPS) is 32.3. The molecule has 18 heavy (non-hydrogen) atoms. The first-order valence-electron chi connectivity index (χ1n) is 8.20. The Hall–Kier alpha value is -0.0800. The van der Waals surface area contributed by atoms with Gasteiger partial charge in [-0.15, -0.1) is 0 Å². The van der Waals surface area contributed by atoms with Crippen molar-refractivity contribution < 1.29 is 0 Å². The van der Waals surface area contributed by atoms with Gasteiger partial charge in [0.2, 0.25) is 0 Å². The van der Waals surface area contributed by atoms with Crippen molar-refractivity contribution in [3.8, 4) is 0 Å². The third-order valence-corrected chi connectivity index (χ3v) is 4.78. The van der Waals surface area contributed by atoms with Gasteiger partial charge in [0.05, 0.1) is 0 Å². The van der Waals surface area contributed by atoms with Crippen LogP contribution in [-0.4, -0.2) is 37.1 Å². The Morgan fingerprint density at radius 3 is 2.61 bits per heavy atom. The van der Waals surface area contributed by atoms with Gasteiger partial charge in [-0.05, 0) is 64.1 Å². The quantitative estimate of drug-likeness (QED) is 0.808. The van der Waals surface area contributed by atoms with Crippen LogP contribution in [-0.2, 0) is 0 Å². The SMILES string of the molecule is CC1CCCC(CNC(C)CN2CCCCC2)C1. The fraction of sp³-hybridized carbons (Fsp3) is 1.00. The molecule has 2 fully saturated rings. The van der Waals surface area contributed by atoms with Gasteiger partial charge in [0.15, 0.2) is 0 Å². The number of piperidine rings is 1. The zero-order valence-corrected chi connectivity index (χ0v) is 12.5. The number of nitrogens with zero attached hydrogens (tertiary/aromatic N) is 1. The van der Waals surface area contributed by atoms with Gasteiger partial charge in [-0.3, -0.25) is 0 Å². The summed E-state index contributed by atoms with van der Waals surface area (Å²) in [6.07, 6.45) is 10.1. The predicted octanol–water partition coefficient (Wildman–Crippen LogP) is 3.28. The molecule has 0 aromatic heterocycles. The van der Waals surface area contributed by atoms with Crippen molar-refractivity contribution in [1.82, 2.24) is 10.2 Å². The van der Waals surface area contributed by atoms with Crippen molar-refractivity contribution in [3.05, 3.63) is 0 Å². The zero-order valence-electron chi connectivity index (χ0n) is 12.5. The van der Waals surface area contributed by atoms with Crippen molar-refractivity contribution in [2.24, 2.45) is 11.8 Å². The number of rotatable bonds is 5. The van der Waals surface area contributed by atoms with E-state index >= 15 is 0 Å². The number of hydrogen-bond donors (Lipinski definition) is 1. The van der Waals surface area contributed by atoms with E-state index in [1.165, 1.54) is 71.1 Å². The Balaban J connectivity index is 1.60. The lowest BCUT2D eigenvalue weighted by Gasteiger charge is -2.31. The molecule has 3 atom stereocenters. The summed E-state index contributed by atoms with van der Waals surface area (Å²) >= 11 is 0. The van der Waals surface area contributed by atoms with Crippen LogP contribution < -0.4 is 5.32 Å². The summed E-state index contributed by atoms with van der Waals surface area (Å²) in [7, 11) is 0. The lowest BCUT2D eigenvalue weighted by Crippen LogP contribution is -2.43. The van der Waals surface area contributed by atoms with Crippen LogP contribution in [0, 0.1) is 11.8 Å². The molecule has 0 amide bonds. The van der Waals surface area contributed by atoms with Crippen LogP contribution in [0.25, 0.3) is 0 Å². The monoisotopic (exact) mass is 252 g/mol. The Bertz CT molecular complexity index is 223.